The van der Waals surface area contributed by atoms with Gasteiger partial charge in [-0.05, 0) is 36.8 Å². The standard InChI is InChI=1S/C18H19ClN2O2/c1-13-3-9-16(10-4-13)20-17(22)12-21(2)18(23)11-14-5-7-15(19)8-6-14/h3-10H,11-12H2,1-2H3,(H,20,22). The summed E-state index contributed by atoms with van der Waals surface area (Å²) in [6, 6.07) is 14.6. The Labute approximate surface area is 141 Å². The molecule has 4 nitrogen and oxygen atoms in total. The zero-order chi connectivity index (χ0) is 16.8. The molecule has 0 aliphatic rings. The van der Waals surface area contributed by atoms with Crippen LogP contribution in [0.3, 0.4) is 0 Å². The van der Waals surface area contributed by atoms with Crippen molar-refractivity contribution in [3.63, 3.8) is 0 Å². The van der Waals surface area contributed by atoms with Crippen molar-refractivity contribution >= 4 is 29.1 Å². The molecule has 0 aliphatic heterocycles. The molecule has 2 aromatic rings. The van der Waals surface area contributed by atoms with E-state index in [0.29, 0.717) is 5.02 Å². The van der Waals surface area contributed by atoms with Gasteiger partial charge in [0.1, 0.15) is 0 Å². The van der Waals surface area contributed by atoms with Gasteiger partial charge in [0, 0.05) is 17.8 Å². The van der Waals surface area contributed by atoms with Crippen LogP contribution in [-0.4, -0.2) is 30.3 Å². The van der Waals surface area contributed by atoms with Gasteiger partial charge in [-0.3, -0.25) is 9.59 Å². The van der Waals surface area contributed by atoms with Gasteiger partial charge in [0.15, 0.2) is 0 Å². The fourth-order valence-electron chi connectivity index (χ4n) is 2.05. The zero-order valence-corrected chi connectivity index (χ0v) is 13.9. The lowest BCUT2D eigenvalue weighted by Gasteiger charge is -2.17. The van der Waals surface area contributed by atoms with Crippen LogP contribution < -0.4 is 5.32 Å². The van der Waals surface area contributed by atoms with Crippen LogP contribution in [0.1, 0.15) is 11.1 Å². The van der Waals surface area contributed by atoms with Crippen molar-refractivity contribution in [1.82, 2.24) is 4.90 Å². The number of halogens is 1. The van der Waals surface area contributed by atoms with Crippen LogP contribution in [0, 0.1) is 6.92 Å². The van der Waals surface area contributed by atoms with Crippen LogP contribution in [0.2, 0.25) is 5.02 Å². The van der Waals surface area contributed by atoms with E-state index in [1.54, 1.807) is 31.3 Å². The number of benzene rings is 2. The van der Waals surface area contributed by atoms with Crippen molar-refractivity contribution in [3.8, 4) is 0 Å². The second-order valence-electron chi connectivity index (χ2n) is 5.47. The van der Waals surface area contributed by atoms with E-state index in [1.165, 1.54) is 4.90 Å². The third-order valence-electron chi connectivity index (χ3n) is 3.41. The molecule has 0 saturated heterocycles. The Hall–Kier alpha value is -2.33. The Bertz CT molecular complexity index is 681. The number of aryl methyl sites for hydroxylation is 1. The molecule has 0 saturated carbocycles. The highest BCUT2D eigenvalue weighted by molar-refractivity contribution is 6.30. The molecule has 0 spiro atoms. The largest absolute Gasteiger partial charge is 0.336 e. The molecule has 0 fully saturated rings. The van der Waals surface area contributed by atoms with E-state index in [9.17, 15) is 9.59 Å². The molecule has 2 aromatic carbocycles. The van der Waals surface area contributed by atoms with E-state index in [-0.39, 0.29) is 24.8 Å². The van der Waals surface area contributed by atoms with Gasteiger partial charge in [-0.25, -0.2) is 0 Å². The maximum atomic E-state index is 12.1. The summed E-state index contributed by atoms with van der Waals surface area (Å²) in [6.45, 7) is 2.00. The summed E-state index contributed by atoms with van der Waals surface area (Å²) in [6.07, 6.45) is 0.242. The molecule has 0 unspecified atom stereocenters. The van der Waals surface area contributed by atoms with E-state index in [0.717, 1.165) is 16.8 Å². The molecule has 0 aliphatic carbocycles. The van der Waals surface area contributed by atoms with Gasteiger partial charge < -0.3 is 10.2 Å². The minimum Gasteiger partial charge on any atom is -0.336 e. The second kappa shape index (κ2) is 7.79. The summed E-state index contributed by atoms with van der Waals surface area (Å²) in [5.41, 5.74) is 2.71. The minimum atomic E-state index is -0.221. The van der Waals surface area contributed by atoms with Gasteiger partial charge in [-0.2, -0.15) is 0 Å². The Kier molecular flexibility index (Phi) is 5.77. The third-order valence-corrected chi connectivity index (χ3v) is 3.66. The monoisotopic (exact) mass is 330 g/mol. The molecule has 0 bridgehead atoms. The lowest BCUT2D eigenvalue weighted by atomic mass is 10.1. The number of likely N-dealkylation sites (N-methyl/N-ethyl adjacent to an activating group) is 1. The molecule has 0 heterocycles. The number of rotatable bonds is 5. The molecular formula is C18H19ClN2O2. The van der Waals surface area contributed by atoms with Crippen LogP contribution in [-0.2, 0) is 16.0 Å². The Morgan fingerprint density at radius 2 is 1.65 bits per heavy atom. The average Bonchev–Trinajstić information content (AvgIpc) is 2.51. The second-order valence-corrected chi connectivity index (χ2v) is 5.90. The van der Waals surface area contributed by atoms with E-state index < -0.39 is 0 Å². The van der Waals surface area contributed by atoms with Crippen LogP contribution >= 0.6 is 11.6 Å². The number of hydrogen-bond donors (Lipinski definition) is 1. The summed E-state index contributed by atoms with van der Waals surface area (Å²) < 4.78 is 0. The highest BCUT2D eigenvalue weighted by Crippen LogP contribution is 2.11. The molecule has 5 heteroatoms. The van der Waals surface area contributed by atoms with Gasteiger partial charge in [-0.15, -0.1) is 0 Å². The number of hydrogen-bond acceptors (Lipinski definition) is 2. The molecule has 2 amide bonds. The molecule has 0 radical (unpaired) electrons. The minimum absolute atomic E-state index is 0.0142. The molecule has 0 aromatic heterocycles. The zero-order valence-electron chi connectivity index (χ0n) is 13.2. The Balaban J connectivity index is 1.86. The molecule has 2 rings (SSSR count). The van der Waals surface area contributed by atoms with Crippen molar-refractivity contribution in [2.24, 2.45) is 0 Å². The number of nitrogens with zero attached hydrogens (tertiary/aromatic N) is 1. The fourth-order valence-corrected chi connectivity index (χ4v) is 2.18. The SMILES string of the molecule is Cc1ccc(NC(=O)CN(C)C(=O)Cc2ccc(Cl)cc2)cc1. The van der Waals surface area contributed by atoms with Gasteiger partial charge in [-0.1, -0.05) is 41.4 Å². The van der Waals surface area contributed by atoms with Crippen molar-refractivity contribution in [2.45, 2.75) is 13.3 Å². The van der Waals surface area contributed by atoms with E-state index in [1.807, 2.05) is 31.2 Å². The summed E-state index contributed by atoms with van der Waals surface area (Å²) in [7, 11) is 1.62. The maximum Gasteiger partial charge on any atom is 0.243 e. The first-order valence-corrected chi connectivity index (χ1v) is 7.67. The fraction of sp³-hybridized carbons (Fsp3) is 0.222. The summed E-state index contributed by atoms with van der Waals surface area (Å²) in [4.78, 5) is 25.5. The topological polar surface area (TPSA) is 49.4 Å². The van der Waals surface area contributed by atoms with Crippen LogP contribution in [0.5, 0.6) is 0 Å². The molecule has 1 N–H and O–H groups in total. The third kappa shape index (κ3) is 5.42. The number of nitrogens with one attached hydrogen (secondary N) is 1. The lowest BCUT2D eigenvalue weighted by Crippen LogP contribution is -2.35. The van der Waals surface area contributed by atoms with Gasteiger partial charge in [0.05, 0.1) is 13.0 Å². The number of anilines is 1. The van der Waals surface area contributed by atoms with Crippen LogP contribution in [0.4, 0.5) is 5.69 Å². The first-order valence-electron chi connectivity index (χ1n) is 7.29. The quantitative estimate of drug-likeness (QED) is 0.914. The van der Waals surface area contributed by atoms with Crippen molar-refractivity contribution < 1.29 is 9.59 Å². The smallest absolute Gasteiger partial charge is 0.243 e. The van der Waals surface area contributed by atoms with Gasteiger partial charge in [0.2, 0.25) is 11.8 Å². The predicted molar refractivity (Wildman–Crippen MR) is 92.6 cm³/mol. The lowest BCUT2D eigenvalue weighted by molar-refractivity contribution is -0.132. The first kappa shape index (κ1) is 17.0. The predicted octanol–water partition coefficient (Wildman–Crippen LogP) is 3.29. The van der Waals surface area contributed by atoms with Crippen molar-refractivity contribution in [3.05, 3.63) is 64.7 Å². The number of amides is 2. The highest BCUT2D eigenvalue weighted by atomic mass is 35.5. The van der Waals surface area contributed by atoms with Crippen LogP contribution in [0.25, 0.3) is 0 Å². The van der Waals surface area contributed by atoms with E-state index in [2.05, 4.69) is 5.32 Å². The van der Waals surface area contributed by atoms with Crippen LogP contribution in [0.15, 0.2) is 48.5 Å². The molecule has 0 atom stereocenters. The number of carbonyl (C=O) groups is 2. The summed E-state index contributed by atoms with van der Waals surface area (Å²) in [5.74, 6) is -0.341. The van der Waals surface area contributed by atoms with E-state index >= 15 is 0 Å². The summed E-state index contributed by atoms with van der Waals surface area (Å²) >= 11 is 5.82. The Morgan fingerprint density at radius 3 is 2.26 bits per heavy atom. The van der Waals surface area contributed by atoms with Gasteiger partial charge >= 0.3 is 0 Å². The highest BCUT2D eigenvalue weighted by Gasteiger charge is 2.13. The van der Waals surface area contributed by atoms with Gasteiger partial charge in [0.25, 0.3) is 0 Å². The Morgan fingerprint density at radius 1 is 1.04 bits per heavy atom. The summed E-state index contributed by atoms with van der Waals surface area (Å²) in [5, 5.41) is 3.41. The molecule has 120 valence electrons. The first-order chi connectivity index (χ1) is 10.9. The van der Waals surface area contributed by atoms with E-state index in [4.69, 9.17) is 11.6 Å². The van der Waals surface area contributed by atoms with Crippen molar-refractivity contribution in [2.75, 3.05) is 18.9 Å². The van der Waals surface area contributed by atoms with Crippen molar-refractivity contribution in [1.29, 1.82) is 0 Å². The molecule has 23 heavy (non-hydrogen) atoms. The molecular weight excluding hydrogens is 312 g/mol. The number of carbonyl (C=O) groups excluding carboxylic acids is 2. The maximum absolute atomic E-state index is 12.1. The normalized spacial score (nSPS) is 10.2. The average molecular weight is 331 g/mol.